The van der Waals surface area contributed by atoms with Crippen LogP contribution in [0.4, 0.5) is 10.5 Å². The first-order valence-corrected chi connectivity index (χ1v) is 8.24. The number of amides is 5. The van der Waals surface area contributed by atoms with E-state index in [1.165, 1.54) is 45.4 Å². The molecular weight excluding hydrogens is 382 g/mol. The van der Waals surface area contributed by atoms with Gasteiger partial charge < -0.3 is 4.84 Å². The first-order chi connectivity index (χ1) is 13.8. The van der Waals surface area contributed by atoms with E-state index in [0.717, 1.165) is 26.9 Å². The molecule has 0 aliphatic carbocycles. The van der Waals surface area contributed by atoms with Crippen molar-refractivity contribution in [3.8, 4) is 0 Å². The van der Waals surface area contributed by atoms with E-state index in [1.54, 1.807) is 0 Å². The Kier molecular flexibility index (Phi) is 5.05. The van der Waals surface area contributed by atoms with Crippen LogP contribution in [0.25, 0.3) is 0 Å². The van der Waals surface area contributed by atoms with Crippen LogP contribution < -0.4 is 4.90 Å². The lowest BCUT2D eigenvalue weighted by Crippen LogP contribution is -2.57. The molecule has 5 amide bonds. The van der Waals surface area contributed by atoms with Crippen LogP contribution in [0.2, 0.25) is 0 Å². The summed E-state index contributed by atoms with van der Waals surface area (Å²) in [6.07, 6.45) is 2.29. The number of rotatable bonds is 3. The monoisotopic (exact) mass is 397 g/mol. The number of benzene rings is 1. The molecule has 11 nitrogen and oxygen atoms in total. The number of carbonyl (C=O) groups excluding carboxylic acids is 5. The Bertz CT molecular complexity index is 1010. The molecule has 1 aromatic carbocycles. The fourth-order valence-electron chi connectivity index (χ4n) is 2.69. The second kappa shape index (κ2) is 7.46. The van der Waals surface area contributed by atoms with E-state index in [-0.39, 0.29) is 22.8 Å². The number of amidine groups is 1. The maximum atomic E-state index is 12.3. The van der Waals surface area contributed by atoms with Gasteiger partial charge in [-0.3, -0.25) is 29.2 Å². The molecule has 2 aliphatic rings. The molecule has 1 aromatic rings. The zero-order chi connectivity index (χ0) is 21.3. The number of urea groups is 1. The fraction of sp³-hybridized carbons (Fsp3) is 0.167. The summed E-state index contributed by atoms with van der Waals surface area (Å²) in [4.78, 5) is 71.3. The molecule has 2 aliphatic heterocycles. The molecule has 2 heterocycles. The van der Waals surface area contributed by atoms with Crippen LogP contribution in [-0.4, -0.2) is 72.2 Å². The van der Waals surface area contributed by atoms with Crippen molar-refractivity contribution < 1.29 is 28.8 Å². The summed E-state index contributed by atoms with van der Waals surface area (Å²) >= 11 is 0. The van der Waals surface area contributed by atoms with E-state index in [2.05, 4.69) is 10.1 Å². The topological polar surface area (TPSA) is 129 Å². The van der Waals surface area contributed by atoms with Crippen molar-refractivity contribution in [1.29, 1.82) is 0 Å². The van der Waals surface area contributed by atoms with Gasteiger partial charge in [0.15, 0.2) is 5.84 Å². The van der Waals surface area contributed by atoms with Crippen LogP contribution in [0, 0.1) is 0 Å². The maximum absolute atomic E-state index is 12.3. The normalized spacial score (nSPS) is 19.8. The molecule has 1 saturated heterocycles. The Morgan fingerprint density at radius 3 is 2.07 bits per heavy atom. The zero-order valence-corrected chi connectivity index (χ0v) is 15.6. The predicted molar refractivity (Wildman–Crippen MR) is 100 cm³/mol. The first-order valence-electron chi connectivity index (χ1n) is 8.24. The molecule has 0 aromatic heterocycles. The molecule has 0 atom stereocenters. The minimum Gasteiger partial charge on any atom is -0.312 e. The highest BCUT2D eigenvalue weighted by atomic mass is 16.7. The second-order valence-electron chi connectivity index (χ2n) is 5.96. The summed E-state index contributed by atoms with van der Waals surface area (Å²) in [5.41, 5.74) is 0.0556. The Morgan fingerprint density at radius 2 is 1.52 bits per heavy atom. The average molecular weight is 397 g/mol. The van der Waals surface area contributed by atoms with Gasteiger partial charge in [-0.25, -0.2) is 14.5 Å². The minimum atomic E-state index is -0.883. The van der Waals surface area contributed by atoms with Crippen molar-refractivity contribution in [2.45, 2.75) is 0 Å². The molecule has 0 saturated carbocycles. The minimum absolute atomic E-state index is 0.0418. The number of hydrogen-bond acceptors (Lipinski definition) is 8. The summed E-state index contributed by atoms with van der Waals surface area (Å²) in [6, 6.07) is 4.89. The van der Waals surface area contributed by atoms with E-state index in [4.69, 9.17) is 4.84 Å². The van der Waals surface area contributed by atoms with Gasteiger partial charge in [-0.05, 0) is 24.3 Å². The lowest BCUT2D eigenvalue weighted by molar-refractivity contribution is -0.121. The molecule has 0 bridgehead atoms. The molecule has 0 radical (unpaired) electrons. The summed E-state index contributed by atoms with van der Waals surface area (Å²) in [7, 11) is 4.03. The van der Waals surface area contributed by atoms with E-state index in [9.17, 15) is 24.0 Å². The molecule has 0 N–H and O–H groups in total. The van der Waals surface area contributed by atoms with Gasteiger partial charge in [-0.2, -0.15) is 0 Å². The molecular formula is C18H15N5O6. The van der Waals surface area contributed by atoms with Crippen molar-refractivity contribution in [2.75, 3.05) is 26.0 Å². The number of hydrogen-bond donors (Lipinski definition) is 0. The highest BCUT2D eigenvalue weighted by molar-refractivity contribution is 6.69. The maximum Gasteiger partial charge on any atom is 0.365 e. The lowest BCUT2D eigenvalue weighted by Gasteiger charge is -2.30. The third-order valence-electron chi connectivity index (χ3n) is 4.21. The quantitative estimate of drug-likeness (QED) is 0.406. The highest BCUT2D eigenvalue weighted by Crippen LogP contribution is 2.20. The van der Waals surface area contributed by atoms with Gasteiger partial charge >= 0.3 is 12.0 Å². The van der Waals surface area contributed by atoms with Gasteiger partial charge in [0.25, 0.3) is 17.7 Å². The van der Waals surface area contributed by atoms with Crippen molar-refractivity contribution in [1.82, 2.24) is 9.80 Å². The molecule has 0 spiro atoms. The Labute approximate surface area is 164 Å². The van der Waals surface area contributed by atoms with Gasteiger partial charge in [-0.1, -0.05) is 5.16 Å². The third kappa shape index (κ3) is 3.40. The Balaban J connectivity index is 1.78. The number of nitrogens with zero attached hydrogens (tertiary/aromatic N) is 5. The molecule has 148 valence electrons. The summed E-state index contributed by atoms with van der Waals surface area (Å²) in [6.45, 7) is 0. The van der Waals surface area contributed by atoms with Crippen LogP contribution in [0.15, 0.2) is 46.6 Å². The predicted octanol–water partition coefficient (Wildman–Crippen LogP) is 0.181. The number of oxime groups is 1. The highest BCUT2D eigenvalue weighted by Gasteiger charge is 2.38. The van der Waals surface area contributed by atoms with Crippen LogP contribution in [0.1, 0.15) is 10.4 Å². The summed E-state index contributed by atoms with van der Waals surface area (Å²) in [5.74, 6) is -2.66. The third-order valence-corrected chi connectivity index (χ3v) is 4.21. The van der Waals surface area contributed by atoms with Crippen LogP contribution >= 0.6 is 0 Å². The molecule has 29 heavy (non-hydrogen) atoms. The van der Waals surface area contributed by atoms with Crippen LogP contribution in [0.5, 0.6) is 0 Å². The van der Waals surface area contributed by atoms with Gasteiger partial charge in [0, 0.05) is 33.3 Å². The van der Waals surface area contributed by atoms with Crippen molar-refractivity contribution in [3.63, 3.8) is 0 Å². The Hall–Kier alpha value is -4.15. The van der Waals surface area contributed by atoms with Crippen molar-refractivity contribution in [3.05, 3.63) is 42.0 Å². The zero-order valence-electron chi connectivity index (χ0n) is 15.6. The van der Waals surface area contributed by atoms with Gasteiger partial charge in [0.2, 0.25) is 5.71 Å². The fourth-order valence-corrected chi connectivity index (χ4v) is 2.69. The molecule has 0 unspecified atom stereocenters. The van der Waals surface area contributed by atoms with Crippen LogP contribution in [-0.2, 0) is 19.2 Å². The first kappa shape index (κ1) is 19.6. The number of imide groups is 2. The number of carbonyl (C=O) groups is 5. The summed E-state index contributed by atoms with van der Waals surface area (Å²) < 4.78 is 0. The molecule has 3 rings (SSSR count). The standard InChI is InChI=1S/C18H15N5O6/c1-19-15-14(16(26)22(3)18(28)21(15)2)20-29-17(27)10-4-6-11(7-5-10)23-12(24)8-9-13(23)25/h4-9H,1-3H3. The van der Waals surface area contributed by atoms with Crippen LogP contribution in [0.3, 0.4) is 0 Å². The average Bonchev–Trinajstić information content (AvgIpc) is 3.06. The van der Waals surface area contributed by atoms with E-state index >= 15 is 0 Å². The lowest BCUT2D eigenvalue weighted by atomic mass is 10.2. The second-order valence-corrected chi connectivity index (χ2v) is 5.96. The number of anilines is 1. The largest absolute Gasteiger partial charge is 0.365 e. The smallest absolute Gasteiger partial charge is 0.312 e. The van der Waals surface area contributed by atoms with Gasteiger partial charge in [0.1, 0.15) is 0 Å². The SMILES string of the molecule is CN=C1C(=NOC(=O)c2ccc(N3C(=O)C=CC3=O)cc2)C(=O)N(C)C(=O)N1C. The van der Waals surface area contributed by atoms with Crippen molar-refractivity contribution >= 4 is 47.0 Å². The number of aliphatic imine (C=N–C) groups is 1. The molecule has 1 fully saturated rings. The molecule has 11 heteroatoms. The van der Waals surface area contributed by atoms with Gasteiger partial charge in [0.05, 0.1) is 11.3 Å². The summed E-state index contributed by atoms with van der Waals surface area (Å²) in [5, 5.41) is 3.57. The van der Waals surface area contributed by atoms with E-state index in [1.807, 2.05) is 0 Å². The van der Waals surface area contributed by atoms with E-state index in [0.29, 0.717) is 0 Å². The van der Waals surface area contributed by atoms with Gasteiger partial charge in [-0.15, -0.1) is 0 Å². The van der Waals surface area contributed by atoms with Crippen molar-refractivity contribution in [2.24, 2.45) is 10.1 Å². The van der Waals surface area contributed by atoms with E-state index < -0.39 is 29.7 Å². The Morgan fingerprint density at radius 1 is 0.931 bits per heavy atom.